The lowest BCUT2D eigenvalue weighted by Gasteiger charge is -2.15. The van der Waals surface area contributed by atoms with Crippen LogP contribution in [0.15, 0.2) is 72.9 Å². The number of allylic oxidation sites excluding steroid dienone is 12. The standard InChI is InChI=1S/C39H64O5/c1-3-5-7-9-11-13-15-17-19-21-23-25-27-29-31-33-38(41)43-36-37(35-40)44-39(42)34-32-30-28-26-24-22-20-18-16-14-12-10-8-6-4-2/h9-20,37,40H,3-8,21-36H2,1-2H3/b11-9+,12-10+,15-13+,16-14+,19-17+,20-18+. The highest BCUT2D eigenvalue weighted by Gasteiger charge is 2.16. The van der Waals surface area contributed by atoms with E-state index in [-0.39, 0.29) is 25.2 Å². The van der Waals surface area contributed by atoms with Crippen molar-refractivity contribution in [1.29, 1.82) is 0 Å². The van der Waals surface area contributed by atoms with E-state index in [4.69, 9.17) is 9.47 Å². The highest BCUT2D eigenvalue weighted by Crippen LogP contribution is 2.11. The van der Waals surface area contributed by atoms with Gasteiger partial charge in [-0.1, -0.05) is 151 Å². The SMILES string of the molecule is CCCC/C=C/C=C/C=C/CCCCCCCC(=O)OCC(CO)OC(=O)CCCCCCC/C=C/C=C/C=C/CCCC. The Bertz CT molecular complexity index is 833. The maximum Gasteiger partial charge on any atom is 0.306 e. The number of carbonyl (C=O) groups excluding carboxylic acids is 2. The molecule has 0 heterocycles. The minimum Gasteiger partial charge on any atom is -0.462 e. The topological polar surface area (TPSA) is 72.8 Å². The van der Waals surface area contributed by atoms with Gasteiger partial charge in [0.2, 0.25) is 0 Å². The Balaban J connectivity index is 3.70. The van der Waals surface area contributed by atoms with Crippen LogP contribution in [0.4, 0.5) is 0 Å². The number of hydrogen-bond acceptors (Lipinski definition) is 5. The smallest absolute Gasteiger partial charge is 0.306 e. The Hall–Kier alpha value is -2.66. The predicted molar refractivity (Wildman–Crippen MR) is 186 cm³/mol. The summed E-state index contributed by atoms with van der Waals surface area (Å²) in [6.07, 6.45) is 45.1. The zero-order valence-corrected chi connectivity index (χ0v) is 28.1. The lowest BCUT2D eigenvalue weighted by molar-refractivity contribution is -0.161. The van der Waals surface area contributed by atoms with Gasteiger partial charge in [0, 0.05) is 12.8 Å². The number of carbonyl (C=O) groups is 2. The van der Waals surface area contributed by atoms with Crippen molar-refractivity contribution in [3.63, 3.8) is 0 Å². The molecule has 1 N–H and O–H groups in total. The summed E-state index contributed by atoms with van der Waals surface area (Å²) in [6, 6.07) is 0. The van der Waals surface area contributed by atoms with Gasteiger partial charge in [0.25, 0.3) is 0 Å². The molecule has 0 amide bonds. The average molecular weight is 613 g/mol. The van der Waals surface area contributed by atoms with Gasteiger partial charge in [-0.3, -0.25) is 9.59 Å². The molecule has 0 bridgehead atoms. The first-order chi connectivity index (χ1) is 21.6. The number of unbranched alkanes of at least 4 members (excludes halogenated alkanes) is 14. The van der Waals surface area contributed by atoms with Crippen LogP contribution >= 0.6 is 0 Å². The minimum atomic E-state index is -0.793. The molecule has 0 aliphatic carbocycles. The van der Waals surface area contributed by atoms with Crippen LogP contribution in [0.3, 0.4) is 0 Å². The monoisotopic (exact) mass is 612 g/mol. The third kappa shape index (κ3) is 32.3. The van der Waals surface area contributed by atoms with Crippen LogP contribution in [0.2, 0.25) is 0 Å². The largest absolute Gasteiger partial charge is 0.462 e. The van der Waals surface area contributed by atoms with Crippen molar-refractivity contribution in [3.05, 3.63) is 72.9 Å². The molecule has 250 valence electrons. The molecule has 0 saturated heterocycles. The molecular formula is C39H64O5. The van der Waals surface area contributed by atoms with Crippen LogP contribution in [0.5, 0.6) is 0 Å². The van der Waals surface area contributed by atoms with E-state index in [1.54, 1.807) is 0 Å². The van der Waals surface area contributed by atoms with Crippen molar-refractivity contribution in [1.82, 2.24) is 0 Å². The van der Waals surface area contributed by atoms with Gasteiger partial charge in [0.1, 0.15) is 6.61 Å². The third-order valence-corrected chi connectivity index (χ3v) is 7.10. The summed E-state index contributed by atoms with van der Waals surface area (Å²) in [7, 11) is 0. The highest BCUT2D eigenvalue weighted by atomic mass is 16.6. The lowest BCUT2D eigenvalue weighted by Crippen LogP contribution is -2.28. The zero-order chi connectivity index (χ0) is 32.2. The van der Waals surface area contributed by atoms with Crippen LogP contribution in [-0.2, 0) is 19.1 Å². The quantitative estimate of drug-likeness (QED) is 0.0496. The summed E-state index contributed by atoms with van der Waals surface area (Å²) >= 11 is 0. The first kappa shape index (κ1) is 41.3. The molecule has 1 unspecified atom stereocenters. The molecule has 5 nitrogen and oxygen atoms in total. The normalized spacial score (nSPS) is 13.1. The van der Waals surface area contributed by atoms with Crippen LogP contribution in [0.25, 0.3) is 0 Å². The van der Waals surface area contributed by atoms with E-state index in [0.717, 1.165) is 89.9 Å². The molecule has 0 aromatic carbocycles. The van der Waals surface area contributed by atoms with Gasteiger partial charge in [-0.15, -0.1) is 0 Å². The third-order valence-electron chi connectivity index (χ3n) is 7.10. The number of hydrogen-bond donors (Lipinski definition) is 1. The van der Waals surface area contributed by atoms with E-state index in [2.05, 4.69) is 86.8 Å². The average Bonchev–Trinajstić information content (AvgIpc) is 3.02. The van der Waals surface area contributed by atoms with Crippen molar-refractivity contribution < 1.29 is 24.2 Å². The van der Waals surface area contributed by atoms with Gasteiger partial charge in [-0.2, -0.15) is 0 Å². The number of aliphatic hydroxyl groups excluding tert-OH is 1. The van der Waals surface area contributed by atoms with E-state index in [0.29, 0.717) is 12.8 Å². The maximum atomic E-state index is 12.1. The van der Waals surface area contributed by atoms with Crippen molar-refractivity contribution in [2.75, 3.05) is 13.2 Å². The second kappa shape index (κ2) is 34.8. The van der Waals surface area contributed by atoms with Crippen molar-refractivity contribution >= 4 is 11.9 Å². The fourth-order valence-corrected chi connectivity index (χ4v) is 4.35. The minimum absolute atomic E-state index is 0.0891. The molecule has 1 atom stereocenters. The molecule has 0 radical (unpaired) electrons. The van der Waals surface area contributed by atoms with E-state index in [1.165, 1.54) is 25.7 Å². The summed E-state index contributed by atoms with van der Waals surface area (Å²) in [5, 5.41) is 9.52. The Labute approximate surface area is 270 Å². The molecule has 0 spiro atoms. The molecular weight excluding hydrogens is 548 g/mol. The van der Waals surface area contributed by atoms with Crippen LogP contribution in [0.1, 0.15) is 142 Å². The first-order valence-corrected chi connectivity index (χ1v) is 17.6. The summed E-state index contributed by atoms with van der Waals surface area (Å²) in [6.45, 7) is 3.97. The molecule has 0 aliphatic rings. The second-order valence-corrected chi connectivity index (χ2v) is 11.4. The van der Waals surface area contributed by atoms with Gasteiger partial charge in [0.05, 0.1) is 6.61 Å². The van der Waals surface area contributed by atoms with Gasteiger partial charge in [-0.25, -0.2) is 0 Å². The number of rotatable bonds is 30. The lowest BCUT2D eigenvalue weighted by atomic mass is 10.1. The second-order valence-electron chi connectivity index (χ2n) is 11.4. The van der Waals surface area contributed by atoms with Crippen molar-refractivity contribution in [3.8, 4) is 0 Å². The molecule has 0 rings (SSSR count). The summed E-state index contributed by atoms with van der Waals surface area (Å²) in [4.78, 5) is 24.2. The van der Waals surface area contributed by atoms with E-state index >= 15 is 0 Å². The number of ether oxygens (including phenoxy) is 2. The van der Waals surface area contributed by atoms with E-state index in [1.807, 2.05) is 0 Å². The van der Waals surface area contributed by atoms with Gasteiger partial charge in [-0.05, 0) is 51.4 Å². The Kier molecular flexibility index (Phi) is 32.7. The first-order valence-electron chi connectivity index (χ1n) is 17.6. The molecule has 0 saturated carbocycles. The number of esters is 2. The van der Waals surface area contributed by atoms with Crippen molar-refractivity contribution in [2.24, 2.45) is 0 Å². The maximum absolute atomic E-state index is 12.1. The molecule has 0 fully saturated rings. The van der Waals surface area contributed by atoms with E-state index in [9.17, 15) is 14.7 Å². The summed E-state index contributed by atoms with van der Waals surface area (Å²) in [5.74, 6) is -0.647. The fraction of sp³-hybridized carbons (Fsp3) is 0.641. The Morgan fingerprint density at radius 3 is 1.34 bits per heavy atom. The van der Waals surface area contributed by atoms with Gasteiger partial charge in [0.15, 0.2) is 6.10 Å². The fourth-order valence-electron chi connectivity index (χ4n) is 4.35. The summed E-state index contributed by atoms with van der Waals surface area (Å²) in [5.41, 5.74) is 0. The Morgan fingerprint density at radius 1 is 0.523 bits per heavy atom. The van der Waals surface area contributed by atoms with Gasteiger partial charge < -0.3 is 14.6 Å². The Morgan fingerprint density at radius 2 is 0.909 bits per heavy atom. The molecule has 44 heavy (non-hydrogen) atoms. The molecule has 0 aromatic rings. The van der Waals surface area contributed by atoms with Crippen LogP contribution in [-0.4, -0.2) is 36.4 Å². The molecule has 0 aromatic heterocycles. The van der Waals surface area contributed by atoms with Gasteiger partial charge >= 0.3 is 11.9 Å². The van der Waals surface area contributed by atoms with E-state index < -0.39 is 6.10 Å². The molecule has 0 aliphatic heterocycles. The molecule has 5 heteroatoms. The highest BCUT2D eigenvalue weighted by molar-refractivity contribution is 5.70. The van der Waals surface area contributed by atoms with Crippen LogP contribution < -0.4 is 0 Å². The number of aliphatic hydroxyl groups is 1. The zero-order valence-electron chi connectivity index (χ0n) is 28.1. The van der Waals surface area contributed by atoms with Crippen LogP contribution in [0, 0.1) is 0 Å². The summed E-state index contributed by atoms with van der Waals surface area (Å²) < 4.78 is 10.5. The van der Waals surface area contributed by atoms with Crippen molar-refractivity contribution in [2.45, 2.75) is 148 Å². The predicted octanol–water partition coefficient (Wildman–Crippen LogP) is 10.6.